The summed E-state index contributed by atoms with van der Waals surface area (Å²) in [4.78, 5) is 8.61. The first-order valence-electron chi connectivity index (χ1n) is 7.34. The SMILES string of the molecule is CCC1CCC(CNc2nc(C)nc(Cl)c2C)CC1. The summed E-state index contributed by atoms with van der Waals surface area (Å²) in [6.07, 6.45) is 6.77. The maximum Gasteiger partial charge on any atom is 0.137 e. The van der Waals surface area contributed by atoms with Crippen LogP contribution in [0.25, 0.3) is 0 Å². The van der Waals surface area contributed by atoms with Gasteiger partial charge in [-0.25, -0.2) is 9.97 Å². The van der Waals surface area contributed by atoms with E-state index >= 15 is 0 Å². The van der Waals surface area contributed by atoms with Gasteiger partial charge in [-0.15, -0.1) is 0 Å². The van der Waals surface area contributed by atoms with Crippen molar-refractivity contribution in [1.29, 1.82) is 0 Å². The van der Waals surface area contributed by atoms with Gasteiger partial charge in [0.1, 0.15) is 16.8 Å². The first kappa shape index (κ1) is 14.6. The monoisotopic (exact) mass is 281 g/mol. The van der Waals surface area contributed by atoms with E-state index < -0.39 is 0 Å². The number of hydrogen-bond acceptors (Lipinski definition) is 3. The molecule has 1 heterocycles. The molecule has 0 spiro atoms. The molecule has 2 rings (SSSR count). The summed E-state index contributed by atoms with van der Waals surface area (Å²) < 4.78 is 0. The molecule has 1 aromatic rings. The van der Waals surface area contributed by atoms with Crippen LogP contribution in [0.3, 0.4) is 0 Å². The number of anilines is 1. The van der Waals surface area contributed by atoms with E-state index in [1.54, 1.807) is 0 Å². The van der Waals surface area contributed by atoms with Crippen molar-refractivity contribution in [1.82, 2.24) is 9.97 Å². The van der Waals surface area contributed by atoms with Gasteiger partial charge in [0, 0.05) is 12.1 Å². The van der Waals surface area contributed by atoms with Gasteiger partial charge in [-0.2, -0.15) is 0 Å². The van der Waals surface area contributed by atoms with Crippen LogP contribution in [0.15, 0.2) is 0 Å². The Morgan fingerprint density at radius 1 is 1.11 bits per heavy atom. The van der Waals surface area contributed by atoms with Gasteiger partial charge in [-0.05, 0) is 38.5 Å². The summed E-state index contributed by atoms with van der Waals surface area (Å²) >= 11 is 6.09. The lowest BCUT2D eigenvalue weighted by atomic mass is 9.81. The highest BCUT2D eigenvalue weighted by Crippen LogP contribution is 2.31. The van der Waals surface area contributed by atoms with Crippen LogP contribution in [-0.2, 0) is 0 Å². The van der Waals surface area contributed by atoms with Crippen molar-refractivity contribution in [2.75, 3.05) is 11.9 Å². The summed E-state index contributed by atoms with van der Waals surface area (Å²) in [6, 6.07) is 0. The molecule has 1 aliphatic rings. The van der Waals surface area contributed by atoms with E-state index in [-0.39, 0.29) is 0 Å². The van der Waals surface area contributed by atoms with Crippen LogP contribution in [-0.4, -0.2) is 16.5 Å². The molecular weight excluding hydrogens is 258 g/mol. The average molecular weight is 282 g/mol. The molecule has 106 valence electrons. The van der Waals surface area contributed by atoms with Crippen LogP contribution >= 0.6 is 11.6 Å². The van der Waals surface area contributed by atoms with E-state index in [9.17, 15) is 0 Å². The molecule has 1 fully saturated rings. The minimum Gasteiger partial charge on any atom is -0.369 e. The quantitative estimate of drug-likeness (QED) is 0.833. The number of aryl methyl sites for hydroxylation is 1. The van der Waals surface area contributed by atoms with Crippen LogP contribution in [0.5, 0.6) is 0 Å². The molecule has 0 atom stereocenters. The number of nitrogens with zero attached hydrogens (tertiary/aromatic N) is 2. The minimum atomic E-state index is 0.560. The fraction of sp³-hybridized carbons (Fsp3) is 0.733. The Labute approximate surface area is 121 Å². The lowest BCUT2D eigenvalue weighted by Gasteiger charge is -2.28. The van der Waals surface area contributed by atoms with Crippen LogP contribution in [0, 0.1) is 25.7 Å². The van der Waals surface area contributed by atoms with E-state index in [1.807, 2.05) is 13.8 Å². The van der Waals surface area contributed by atoms with Gasteiger partial charge in [0.15, 0.2) is 0 Å². The van der Waals surface area contributed by atoms with Crippen molar-refractivity contribution in [2.45, 2.75) is 52.9 Å². The van der Waals surface area contributed by atoms with Crippen molar-refractivity contribution in [3.05, 3.63) is 16.5 Å². The molecule has 4 heteroatoms. The van der Waals surface area contributed by atoms with Gasteiger partial charge in [-0.1, -0.05) is 37.8 Å². The topological polar surface area (TPSA) is 37.8 Å². The Balaban J connectivity index is 1.89. The minimum absolute atomic E-state index is 0.560. The first-order valence-corrected chi connectivity index (χ1v) is 7.72. The van der Waals surface area contributed by atoms with E-state index in [1.165, 1.54) is 32.1 Å². The Morgan fingerprint density at radius 3 is 2.37 bits per heavy atom. The summed E-state index contributed by atoms with van der Waals surface area (Å²) in [6.45, 7) is 7.16. The second kappa shape index (κ2) is 6.56. The molecule has 0 unspecified atom stereocenters. The van der Waals surface area contributed by atoms with Gasteiger partial charge < -0.3 is 5.32 Å². The number of rotatable bonds is 4. The van der Waals surface area contributed by atoms with Gasteiger partial charge >= 0.3 is 0 Å². The molecule has 0 saturated heterocycles. The summed E-state index contributed by atoms with van der Waals surface area (Å²) in [5, 5.41) is 4.02. The molecule has 19 heavy (non-hydrogen) atoms. The molecule has 0 aliphatic heterocycles. The molecule has 1 aromatic heterocycles. The van der Waals surface area contributed by atoms with Crippen molar-refractivity contribution < 1.29 is 0 Å². The van der Waals surface area contributed by atoms with Gasteiger partial charge in [0.2, 0.25) is 0 Å². The zero-order chi connectivity index (χ0) is 13.8. The van der Waals surface area contributed by atoms with Crippen LogP contribution in [0.1, 0.15) is 50.4 Å². The molecule has 1 saturated carbocycles. The Hall–Kier alpha value is -0.830. The highest BCUT2D eigenvalue weighted by atomic mass is 35.5. The maximum absolute atomic E-state index is 6.09. The van der Waals surface area contributed by atoms with E-state index in [0.29, 0.717) is 5.15 Å². The highest BCUT2D eigenvalue weighted by molar-refractivity contribution is 6.30. The Kier molecular flexibility index (Phi) is 5.03. The predicted molar refractivity (Wildman–Crippen MR) is 80.7 cm³/mol. The number of aromatic nitrogens is 2. The summed E-state index contributed by atoms with van der Waals surface area (Å²) in [7, 11) is 0. The third kappa shape index (κ3) is 3.82. The number of halogens is 1. The second-order valence-electron chi connectivity index (χ2n) is 5.71. The molecule has 0 aromatic carbocycles. The lowest BCUT2D eigenvalue weighted by molar-refractivity contribution is 0.278. The average Bonchev–Trinajstić information content (AvgIpc) is 2.41. The van der Waals surface area contributed by atoms with Gasteiger partial charge in [0.25, 0.3) is 0 Å². The predicted octanol–water partition coefficient (Wildman–Crippen LogP) is 4.38. The van der Waals surface area contributed by atoms with Crippen LogP contribution in [0.2, 0.25) is 5.15 Å². The van der Waals surface area contributed by atoms with Gasteiger partial charge in [0.05, 0.1) is 0 Å². The Bertz CT molecular complexity index is 426. The fourth-order valence-electron chi connectivity index (χ4n) is 2.85. The standard InChI is InChI=1S/C15H24ClN3/c1-4-12-5-7-13(8-6-12)9-17-15-10(2)14(16)18-11(3)19-15/h12-13H,4-9H2,1-3H3,(H,17,18,19). The third-order valence-electron chi connectivity index (χ3n) is 4.30. The summed E-state index contributed by atoms with van der Waals surface area (Å²) in [5.74, 6) is 3.35. The summed E-state index contributed by atoms with van der Waals surface area (Å²) in [5.41, 5.74) is 0.953. The van der Waals surface area contributed by atoms with Crippen LogP contribution < -0.4 is 5.32 Å². The molecule has 1 aliphatic carbocycles. The maximum atomic E-state index is 6.09. The highest BCUT2D eigenvalue weighted by Gasteiger charge is 2.20. The third-order valence-corrected chi connectivity index (χ3v) is 4.67. The molecule has 0 radical (unpaired) electrons. The zero-order valence-electron chi connectivity index (χ0n) is 12.2. The fourth-order valence-corrected chi connectivity index (χ4v) is 3.06. The smallest absolute Gasteiger partial charge is 0.137 e. The van der Waals surface area contributed by atoms with Crippen LogP contribution in [0.4, 0.5) is 5.82 Å². The van der Waals surface area contributed by atoms with Crippen molar-refractivity contribution in [3.63, 3.8) is 0 Å². The first-order chi connectivity index (χ1) is 9.10. The van der Waals surface area contributed by atoms with Crippen molar-refractivity contribution in [3.8, 4) is 0 Å². The number of nitrogens with one attached hydrogen (secondary N) is 1. The van der Waals surface area contributed by atoms with E-state index in [0.717, 1.165) is 35.6 Å². The van der Waals surface area contributed by atoms with E-state index in [4.69, 9.17) is 11.6 Å². The normalized spacial score (nSPS) is 23.4. The number of hydrogen-bond donors (Lipinski definition) is 1. The molecule has 3 nitrogen and oxygen atoms in total. The van der Waals surface area contributed by atoms with Crippen molar-refractivity contribution in [2.24, 2.45) is 11.8 Å². The zero-order valence-corrected chi connectivity index (χ0v) is 12.9. The van der Waals surface area contributed by atoms with E-state index in [2.05, 4.69) is 22.2 Å². The largest absolute Gasteiger partial charge is 0.369 e. The second-order valence-corrected chi connectivity index (χ2v) is 6.07. The molecule has 1 N–H and O–H groups in total. The molecule has 0 amide bonds. The Morgan fingerprint density at radius 2 is 1.74 bits per heavy atom. The lowest BCUT2D eigenvalue weighted by Crippen LogP contribution is -2.21. The molecule has 0 bridgehead atoms. The molecular formula is C15H24ClN3. The van der Waals surface area contributed by atoms with Crippen molar-refractivity contribution >= 4 is 17.4 Å². The van der Waals surface area contributed by atoms with Gasteiger partial charge in [-0.3, -0.25) is 0 Å².